The highest BCUT2D eigenvalue weighted by Gasteiger charge is 2.19. The third-order valence-electron chi connectivity index (χ3n) is 2.61. The van der Waals surface area contributed by atoms with Crippen LogP contribution in [-0.2, 0) is 4.79 Å². The molecule has 1 rings (SSSR count). The quantitative estimate of drug-likeness (QED) is 0.528. The Kier molecular flexibility index (Phi) is 2.86. The van der Waals surface area contributed by atoms with Crippen LogP contribution in [0.4, 0.5) is 0 Å². The Balaban J connectivity index is 2.42. The second-order valence-corrected chi connectivity index (χ2v) is 3.33. The standard InChI is InChI=1S/C10H16O/c1-3-9-4-6-10(7-5-9)8(2)11/h3,10H,4-7H2,1-2H3. The summed E-state index contributed by atoms with van der Waals surface area (Å²) < 4.78 is 0. The van der Waals surface area contributed by atoms with E-state index in [1.807, 2.05) is 0 Å². The van der Waals surface area contributed by atoms with Crippen molar-refractivity contribution in [1.29, 1.82) is 0 Å². The maximum Gasteiger partial charge on any atom is 0.132 e. The number of Topliss-reactive ketones (excluding diaryl/α,β-unsaturated/α-hetero) is 1. The molecule has 0 N–H and O–H groups in total. The van der Waals surface area contributed by atoms with Gasteiger partial charge in [0.15, 0.2) is 0 Å². The van der Waals surface area contributed by atoms with Gasteiger partial charge in [-0.05, 0) is 39.5 Å². The topological polar surface area (TPSA) is 17.1 Å². The van der Waals surface area contributed by atoms with E-state index in [-0.39, 0.29) is 0 Å². The SMILES string of the molecule is CC=C1CCC(C(C)=O)CC1. The number of ketones is 1. The predicted molar refractivity (Wildman–Crippen MR) is 46.4 cm³/mol. The first-order valence-corrected chi connectivity index (χ1v) is 4.38. The van der Waals surface area contributed by atoms with Gasteiger partial charge in [-0.15, -0.1) is 0 Å². The monoisotopic (exact) mass is 152 g/mol. The lowest BCUT2D eigenvalue weighted by atomic mass is 9.84. The van der Waals surface area contributed by atoms with Gasteiger partial charge in [0.25, 0.3) is 0 Å². The van der Waals surface area contributed by atoms with Crippen LogP contribution in [0, 0.1) is 5.92 Å². The lowest BCUT2D eigenvalue weighted by molar-refractivity contribution is -0.121. The first-order valence-electron chi connectivity index (χ1n) is 4.38. The van der Waals surface area contributed by atoms with Crippen molar-refractivity contribution in [1.82, 2.24) is 0 Å². The minimum Gasteiger partial charge on any atom is -0.300 e. The van der Waals surface area contributed by atoms with Crippen LogP contribution in [0.3, 0.4) is 0 Å². The van der Waals surface area contributed by atoms with Gasteiger partial charge in [-0.3, -0.25) is 4.79 Å². The van der Waals surface area contributed by atoms with Crippen molar-refractivity contribution >= 4 is 5.78 Å². The van der Waals surface area contributed by atoms with Crippen LogP contribution in [0.1, 0.15) is 39.5 Å². The zero-order valence-electron chi connectivity index (χ0n) is 7.39. The number of carbonyl (C=O) groups excluding carboxylic acids is 1. The molecule has 1 fully saturated rings. The van der Waals surface area contributed by atoms with Crippen LogP contribution in [-0.4, -0.2) is 5.78 Å². The molecule has 0 aliphatic heterocycles. The first-order chi connectivity index (χ1) is 5.24. The molecule has 0 aromatic carbocycles. The average molecular weight is 152 g/mol. The molecular weight excluding hydrogens is 136 g/mol. The predicted octanol–water partition coefficient (Wildman–Crippen LogP) is 2.71. The third-order valence-corrected chi connectivity index (χ3v) is 2.61. The molecule has 0 unspecified atom stereocenters. The van der Waals surface area contributed by atoms with Crippen LogP contribution >= 0.6 is 0 Å². The van der Waals surface area contributed by atoms with Crippen LogP contribution in [0.25, 0.3) is 0 Å². The van der Waals surface area contributed by atoms with Crippen LogP contribution < -0.4 is 0 Å². The Morgan fingerprint density at radius 3 is 2.36 bits per heavy atom. The minimum absolute atomic E-state index is 0.360. The van der Waals surface area contributed by atoms with Crippen LogP contribution in [0.15, 0.2) is 11.6 Å². The van der Waals surface area contributed by atoms with Crippen molar-refractivity contribution in [3.05, 3.63) is 11.6 Å². The highest BCUT2D eigenvalue weighted by atomic mass is 16.1. The smallest absolute Gasteiger partial charge is 0.132 e. The molecule has 0 spiro atoms. The van der Waals surface area contributed by atoms with Gasteiger partial charge in [0.05, 0.1) is 0 Å². The molecule has 1 heteroatoms. The Morgan fingerprint density at radius 1 is 1.45 bits per heavy atom. The van der Waals surface area contributed by atoms with Crippen molar-refractivity contribution in [2.75, 3.05) is 0 Å². The van der Waals surface area contributed by atoms with Crippen molar-refractivity contribution in [2.24, 2.45) is 5.92 Å². The Morgan fingerprint density at radius 2 is 2.00 bits per heavy atom. The largest absolute Gasteiger partial charge is 0.300 e. The molecule has 0 heterocycles. The van der Waals surface area contributed by atoms with E-state index in [2.05, 4.69) is 13.0 Å². The highest BCUT2D eigenvalue weighted by molar-refractivity contribution is 5.78. The number of hydrogen-bond donors (Lipinski definition) is 0. The molecule has 11 heavy (non-hydrogen) atoms. The van der Waals surface area contributed by atoms with E-state index in [1.54, 1.807) is 6.92 Å². The molecule has 0 radical (unpaired) electrons. The summed E-state index contributed by atoms with van der Waals surface area (Å²) in [5, 5.41) is 0. The molecule has 1 aliphatic carbocycles. The summed E-state index contributed by atoms with van der Waals surface area (Å²) in [6.45, 7) is 3.80. The van der Waals surface area contributed by atoms with Gasteiger partial charge in [0.2, 0.25) is 0 Å². The van der Waals surface area contributed by atoms with Gasteiger partial charge in [-0.25, -0.2) is 0 Å². The summed E-state index contributed by atoms with van der Waals surface area (Å²) in [5.41, 5.74) is 1.53. The lowest BCUT2D eigenvalue weighted by Crippen LogP contribution is -2.15. The zero-order valence-corrected chi connectivity index (χ0v) is 7.39. The van der Waals surface area contributed by atoms with E-state index < -0.39 is 0 Å². The van der Waals surface area contributed by atoms with Crippen molar-refractivity contribution in [2.45, 2.75) is 39.5 Å². The Labute approximate surface area is 68.5 Å². The Hall–Kier alpha value is -0.590. The molecule has 0 aromatic rings. The first kappa shape index (κ1) is 8.51. The van der Waals surface area contributed by atoms with Gasteiger partial charge in [0, 0.05) is 5.92 Å². The second-order valence-electron chi connectivity index (χ2n) is 3.33. The summed E-state index contributed by atoms with van der Waals surface area (Å²) in [4.78, 5) is 11.0. The van der Waals surface area contributed by atoms with Crippen LogP contribution in [0.2, 0.25) is 0 Å². The fourth-order valence-corrected chi connectivity index (χ4v) is 1.68. The van der Waals surface area contributed by atoms with Gasteiger partial charge >= 0.3 is 0 Å². The van der Waals surface area contributed by atoms with Crippen molar-refractivity contribution in [3.63, 3.8) is 0 Å². The summed E-state index contributed by atoms with van der Waals surface area (Å²) in [7, 11) is 0. The van der Waals surface area contributed by atoms with E-state index in [1.165, 1.54) is 5.57 Å². The minimum atomic E-state index is 0.360. The third kappa shape index (κ3) is 2.18. The van der Waals surface area contributed by atoms with Gasteiger partial charge in [-0.1, -0.05) is 11.6 Å². The van der Waals surface area contributed by atoms with E-state index in [4.69, 9.17) is 0 Å². The second kappa shape index (κ2) is 3.70. The maximum atomic E-state index is 11.0. The molecule has 0 aromatic heterocycles. The molecule has 62 valence electrons. The van der Waals surface area contributed by atoms with Crippen LogP contribution in [0.5, 0.6) is 0 Å². The molecule has 1 aliphatic rings. The fraction of sp³-hybridized carbons (Fsp3) is 0.700. The van der Waals surface area contributed by atoms with Gasteiger partial charge in [0.1, 0.15) is 5.78 Å². The van der Waals surface area contributed by atoms with Crippen molar-refractivity contribution < 1.29 is 4.79 Å². The average Bonchev–Trinajstić information content (AvgIpc) is 2.05. The van der Waals surface area contributed by atoms with E-state index in [0.717, 1.165) is 25.7 Å². The molecule has 0 atom stereocenters. The van der Waals surface area contributed by atoms with Crippen molar-refractivity contribution in [3.8, 4) is 0 Å². The summed E-state index contributed by atoms with van der Waals surface area (Å²) in [6, 6.07) is 0. The molecule has 0 saturated heterocycles. The highest BCUT2D eigenvalue weighted by Crippen LogP contribution is 2.28. The Bertz CT molecular complexity index is 169. The lowest BCUT2D eigenvalue weighted by Gasteiger charge is -2.21. The summed E-state index contributed by atoms with van der Waals surface area (Å²) >= 11 is 0. The fourth-order valence-electron chi connectivity index (χ4n) is 1.68. The number of rotatable bonds is 1. The van der Waals surface area contributed by atoms with Gasteiger partial charge < -0.3 is 0 Å². The maximum absolute atomic E-state index is 11.0. The molecule has 0 amide bonds. The normalized spacial score (nSPS) is 24.9. The van der Waals surface area contributed by atoms with E-state index >= 15 is 0 Å². The molecule has 1 nitrogen and oxygen atoms in total. The molecule has 1 saturated carbocycles. The summed E-state index contributed by atoms with van der Waals surface area (Å²) in [6.07, 6.45) is 6.63. The number of carbonyl (C=O) groups is 1. The molecular formula is C10H16O. The zero-order chi connectivity index (χ0) is 8.27. The van der Waals surface area contributed by atoms with E-state index in [0.29, 0.717) is 11.7 Å². The van der Waals surface area contributed by atoms with Gasteiger partial charge in [-0.2, -0.15) is 0 Å². The van der Waals surface area contributed by atoms with E-state index in [9.17, 15) is 4.79 Å². The molecule has 0 bridgehead atoms. The number of hydrogen-bond acceptors (Lipinski definition) is 1. The summed E-state index contributed by atoms with van der Waals surface area (Å²) in [5.74, 6) is 0.735. The number of allylic oxidation sites excluding steroid dienone is 2.